The quantitative estimate of drug-likeness (QED) is 0.354. The van der Waals surface area contributed by atoms with E-state index in [0.29, 0.717) is 34.0 Å². The smallest absolute Gasteiger partial charge is 0.476 e. The van der Waals surface area contributed by atoms with Gasteiger partial charge in [0.15, 0.2) is 29.1 Å². The Morgan fingerprint density at radius 3 is 2.85 bits per heavy atom. The van der Waals surface area contributed by atoms with Crippen molar-refractivity contribution in [2.45, 2.75) is 37.9 Å². The van der Waals surface area contributed by atoms with Crippen molar-refractivity contribution in [1.82, 2.24) is 19.5 Å². The zero-order valence-electron chi connectivity index (χ0n) is 15.4. The fourth-order valence-corrected chi connectivity index (χ4v) is 4.11. The summed E-state index contributed by atoms with van der Waals surface area (Å²) in [5.74, 6) is 0.882. The van der Waals surface area contributed by atoms with Gasteiger partial charge in [0.25, 0.3) is 0 Å². The number of nitrogens with zero attached hydrogens (tertiary/aromatic N) is 5. The van der Waals surface area contributed by atoms with E-state index >= 15 is 0 Å². The molecule has 11 heteroatoms. The first-order chi connectivity index (χ1) is 12.9. The van der Waals surface area contributed by atoms with Crippen molar-refractivity contribution in [3.05, 3.63) is 6.33 Å². The van der Waals surface area contributed by atoms with Crippen molar-refractivity contribution in [3.8, 4) is 5.88 Å². The van der Waals surface area contributed by atoms with Crippen LogP contribution < -0.4 is 9.64 Å². The molecule has 0 aromatic carbocycles. The average molecular weight is 489 g/mol. The minimum Gasteiger partial charge on any atom is -0.476 e. The molecule has 2 aromatic heterocycles. The molecule has 27 heavy (non-hydrogen) atoms. The summed E-state index contributed by atoms with van der Waals surface area (Å²) >= 11 is 2.21. The number of ether oxygens (including phenoxy) is 4. The molecule has 0 N–H and O–H groups in total. The van der Waals surface area contributed by atoms with Crippen LogP contribution in [0.5, 0.6) is 5.88 Å². The van der Waals surface area contributed by atoms with Gasteiger partial charge in [-0.15, -0.1) is 0 Å². The molecule has 0 spiro atoms. The fraction of sp³-hybridized carbons (Fsp3) is 0.625. The Morgan fingerprint density at radius 1 is 1.41 bits per heavy atom. The molecule has 146 valence electrons. The molecule has 4 atom stereocenters. The van der Waals surface area contributed by atoms with E-state index in [-0.39, 0.29) is 6.10 Å². The van der Waals surface area contributed by atoms with Crippen LogP contribution in [0.2, 0.25) is 0 Å². The highest BCUT2D eigenvalue weighted by molar-refractivity contribution is 14.1. The molecule has 2 fully saturated rings. The second kappa shape index (κ2) is 6.62. The zero-order valence-corrected chi connectivity index (χ0v) is 17.5. The maximum Gasteiger partial charge on any atom is 0.509 e. The molecule has 0 radical (unpaired) electrons. The number of imidazole rings is 1. The van der Waals surface area contributed by atoms with Crippen LogP contribution in [0.25, 0.3) is 11.2 Å². The monoisotopic (exact) mass is 489 g/mol. The van der Waals surface area contributed by atoms with E-state index in [1.54, 1.807) is 15.8 Å². The number of halogens is 1. The number of aromatic nitrogens is 4. The number of anilines is 1. The first-order valence-electron chi connectivity index (χ1n) is 8.54. The highest BCUT2D eigenvalue weighted by Crippen LogP contribution is 2.48. The summed E-state index contributed by atoms with van der Waals surface area (Å²) < 4.78 is 25.1. The molecule has 0 unspecified atom stereocenters. The van der Waals surface area contributed by atoms with Gasteiger partial charge in [-0.25, -0.2) is 9.78 Å². The minimum absolute atomic E-state index is 0.286. The van der Waals surface area contributed by atoms with Crippen molar-refractivity contribution >= 4 is 45.9 Å². The second-order valence-electron chi connectivity index (χ2n) is 6.74. The number of carbonyl (C=O) groups is 1. The Bertz CT molecular complexity index is 889. The molecule has 2 saturated heterocycles. The number of hydrogen-bond donors (Lipinski definition) is 0. The van der Waals surface area contributed by atoms with Crippen LogP contribution in [-0.2, 0) is 14.2 Å². The normalized spacial score (nSPS) is 29.5. The summed E-state index contributed by atoms with van der Waals surface area (Å²) in [4.78, 5) is 27.0. The number of hydrogen-bond acceptors (Lipinski definition) is 9. The van der Waals surface area contributed by atoms with Crippen molar-refractivity contribution in [1.29, 1.82) is 0 Å². The Hall–Kier alpha value is -1.89. The summed E-state index contributed by atoms with van der Waals surface area (Å²) in [5, 5.41) is 0. The summed E-state index contributed by atoms with van der Waals surface area (Å²) in [6, 6.07) is 0. The third-order valence-electron chi connectivity index (χ3n) is 4.69. The first-order valence-corrected chi connectivity index (χ1v) is 10.1. The van der Waals surface area contributed by atoms with Gasteiger partial charge in [-0.2, -0.15) is 9.97 Å². The third-order valence-corrected chi connectivity index (χ3v) is 5.55. The van der Waals surface area contributed by atoms with Crippen LogP contribution in [0.15, 0.2) is 6.33 Å². The highest BCUT2D eigenvalue weighted by atomic mass is 127. The van der Waals surface area contributed by atoms with Gasteiger partial charge in [0.05, 0.1) is 12.9 Å². The summed E-state index contributed by atoms with van der Waals surface area (Å²) in [6.07, 6.45) is -0.487. The van der Waals surface area contributed by atoms with Crippen molar-refractivity contribution in [3.63, 3.8) is 0 Å². The summed E-state index contributed by atoms with van der Waals surface area (Å²) in [5.41, 5.74) is 0.0868. The van der Waals surface area contributed by atoms with Crippen LogP contribution in [0, 0.1) is 0 Å². The largest absolute Gasteiger partial charge is 0.509 e. The Morgan fingerprint density at radius 2 is 2.19 bits per heavy atom. The van der Waals surface area contributed by atoms with Crippen LogP contribution in [0.1, 0.15) is 20.1 Å². The Labute approximate surface area is 169 Å². The van der Waals surface area contributed by atoms with Crippen molar-refractivity contribution < 1.29 is 23.7 Å². The number of fused-ring (bicyclic) bond motifs is 2. The lowest BCUT2D eigenvalue weighted by Gasteiger charge is -2.26. The van der Waals surface area contributed by atoms with Gasteiger partial charge in [-0.1, -0.05) is 22.6 Å². The van der Waals surface area contributed by atoms with Crippen molar-refractivity contribution in [2.75, 3.05) is 30.0 Å². The predicted molar refractivity (Wildman–Crippen MR) is 103 cm³/mol. The molecule has 0 saturated carbocycles. The second-order valence-corrected chi connectivity index (χ2v) is 7.62. The molecular weight excluding hydrogens is 469 g/mol. The SMILES string of the molecule is CCOc1nc(N(C)C)nc2c1ncn2[C@@H]1O[C@H](CI)[C@H]2OC(=O)O[C@]21C. The zero-order chi connectivity index (χ0) is 19.3. The number of alkyl halides is 1. The molecule has 0 bridgehead atoms. The molecular formula is C16H20IN5O5. The van der Waals surface area contributed by atoms with Gasteiger partial charge in [-0.05, 0) is 13.8 Å². The van der Waals surface area contributed by atoms with Crippen LogP contribution in [0.3, 0.4) is 0 Å². The van der Waals surface area contributed by atoms with E-state index in [4.69, 9.17) is 18.9 Å². The van der Waals surface area contributed by atoms with Gasteiger partial charge in [0.1, 0.15) is 6.10 Å². The molecule has 4 heterocycles. The van der Waals surface area contributed by atoms with E-state index in [0.717, 1.165) is 0 Å². The predicted octanol–water partition coefficient (Wildman–Crippen LogP) is 1.92. The summed E-state index contributed by atoms with van der Waals surface area (Å²) in [7, 11) is 3.69. The maximum atomic E-state index is 11.8. The minimum atomic E-state index is -0.977. The molecule has 0 aliphatic carbocycles. The standard InChI is InChI=1S/C16H20IN5O5/c1-5-24-12-9-11(19-14(20-12)21(3)4)22(7-18-9)13-16(2)10(8(6-17)25-13)26-15(23)27-16/h7-8,10,13H,5-6H2,1-4H3/t8-,10-,13-,16-/m1/s1. The van der Waals surface area contributed by atoms with Gasteiger partial charge >= 0.3 is 6.16 Å². The maximum absolute atomic E-state index is 11.8. The lowest BCUT2D eigenvalue weighted by atomic mass is 9.97. The summed E-state index contributed by atoms with van der Waals surface area (Å²) in [6.45, 7) is 4.14. The van der Waals surface area contributed by atoms with E-state index in [9.17, 15) is 4.79 Å². The highest BCUT2D eigenvalue weighted by Gasteiger charge is 2.64. The van der Waals surface area contributed by atoms with E-state index in [1.807, 2.05) is 27.9 Å². The molecule has 4 rings (SSSR count). The van der Waals surface area contributed by atoms with Gasteiger partial charge in [0.2, 0.25) is 11.8 Å². The molecule has 2 aromatic rings. The number of rotatable bonds is 5. The lowest BCUT2D eigenvalue weighted by Crippen LogP contribution is -2.41. The van der Waals surface area contributed by atoms with Gasteiger partial charge < -0.3 is 23.8 Å². The Balaban J connectivity index is 1.85. The van der Waals surface area contributed by atoms with Gasteiger partial charge in [0, 0.05) is 18.5 Å². The van der Waals surface area contributed by atoms with Crippen LogP contribution in [-0.4, -0.2) is 68.6 Å². The molecule has 10 nitrogen and oxygen atoms in total. The lowest BCUT2D eigenvalue weighted by molar-refractivity contribution is -0.0767. The first kappa shape index (κ1) is 18.5. The Kier molecular flexibility index (Phi) is 4.53. The molecule has 2 aliphatic rings. The van der Waals surface area contributed by atoms with Crippen LogP contribution >= 0.6 is 22.6 Å². The van der Waals surface area contributed by atoms with Crippen LogP contribution in [0.4, 0.5) is 10.7 Å². The molecule has 0 amide bonds. The molecule has 2 aliphatic heterocycles. The van der Waals surface area contributed by atoms with Crippen molar-refractivity contribution in [2.24, 2.45) is 0 Å². The van der Waals surface area contributed by atoms with E-state index < -0.39 is 24.1 Å². The van der Waals surface area contributed by atoms with Gasteiger partial charge in [-0.3, -0.25) is 4.57 Å². The average Bonchev–Trinajstić information content (AvgIpc) is 3.24. The topological polar surface area (TPSA) is 101 Å². The fourth-order valence-electron chi connectivity index (χ4n) is 3.44. The number of carbonyl (C=O) groups excluding carboxylic acids is 1. The van der Waals surface area contributed by atoms with E-state index in [1.165, 1.54) is 0 Å². The van der Waals surface area contributed by atoms with E-state index in [2.05, 4.69) is 37.5 Å². The third kappa shape index (κ3) is 2.78.